The SMILES string of the molecule is C[C@@H]1CN(c2nc(-n3ccc(OCC45CC(F)(C4)C5)n3)ccc2C(=O)NS(=O)(=O)c2ccccc2)C(C)(C)C1. The Morgan fingerprint density at radius 1 is 1.13 bits per heavy atom. The van der Waals surface area contributed by atoms with E-state index in [2.05, 4.69) is 35.5 Å². The Bertz CT molecular complexity index is 1520. The molecular weight excluding hydrogens is 521 g/mol. The summed E-state index contributed by atoms with van der Waals surface area (Å²) < 4.78 is 49.2. The maximum absolute atomic E-state index is 13.8. The Morgan fingerprint density at radius 3 is 2.49 bits per heavy atom. The van der Waals surface area contributed by atoms with Gasteiger partial charge in [0.1, 0.15) is 11.5 Å². The van der Waals surface area contributed by atoms with Crippen molar-refractivity contribution in [3.63, 3.8) is 0 Å². The van der Waals surface area contributed by atoms with Crippen molar-refractivity contribution in [1.29, 1.82) is 0 Å². The molecule has 0 unspecified atom stereocenters. The van der Waals surface area contributed by atoms with Crippen molar-refractivity contribution in [2.45, 2.75) is 62.6 Å². The van der Waals surface area contributed by atoms with Crippen LogP contribution in [0.3, 0.4) is 0 Å². The Balaban J connectivity index is 1.28. The molecule has 3 aliphatic carbocycles. The number of aromatic nitrogens is 3. The van der Waals surface area contributed by atoms with E-state index >= 15 is 0 Å². The van der Waals surface area contributed by atoms with E-state index in [1.165, 1.54) is 12.1 Å². The summed E-state index contributed by atoms with van der Waals surface area (Å²) in [4.78, 5) is 20.2. The molecule has 3 aromatic rings. The van der Waals surface area contributed by atoms with Gasteiger partial charge in [0, 0.05) is 29.8 Å². The van der Waals surface area contributed by atoms with Gasteiger partial charge >= 0.3 is 0 Å². The molecule has 1 N–H and O–H groups in total. The number of alkyl halides is 1. The van der Waals surface area contributed by atoms with Gasteiger partial charge < -0.3 is 9.64 Å². The van der Waals surface area contributed by atoms with Gasteiger partial charge in [-0.15, -0.1) is 5.10 Å². The number of carbonyl (C=O) groups excluding carboxylic acids is 1. The van der Waals surface area contributed by atoms with Crippen LogP contribution in [0.2, 0.25) is 0 Å². The maximum Gasteiger partial charge on any atom is 0.268 e. The molecule has 206 valence electrons. The molecule has 3 saturated carbocycles. The van der Waals surface area contributed by atoms with Crippen LogP contribution in [-0.2, 0) is 10.0 Å². The van der Waals surface area contributed by atoms with Gasteiger partial charge in [-0.2, -0.15) is 0 Å². The molecule has 4 aliphatic rings. The van der Waals surface area contributed by atoms with Gasteiger partial charge in [-0.3, -0.25) is 4.79 Å². The lowest BCUT2D eigenvalue weighted by Crippen LogP contribution is -2.66. The number of ether oxygens (including phenoxy) is 1. The Labute approximate surface area is 227 Å². The number of hydrogen-bond acceptors (Lipinski definition) is 7. The van der Waals surface area contributed by atoms with Crippen molar-refractivity contribution in [3.8, 4) is 11.7 Å². The summed E-state index contributed by atoms with van der Waals surface area (Å²) in [7, 11) is -4.07. The van der Waals surface area contributed by atoms with Crippen LogP contribution in [0.15, 0.2) is 59.6 Å². The predicted molar refractivity (Wildman–Crippen MR) is 143 cm³/mol. The quantitative estimate of drug-likeness (QED) is 0.444. The fourth-order valence-electron chi connectivity index (χ4n) is 6.50. The molecule has 1 aromatic carbocycles. The highest BCUT2D eigenvalue weighted by atomic mass is 32.2. The number of carbonyl (C=O) groups is 1. The molecule has 2 bridgehead atoms. The van der Waals surface area contributed by atoms with Crippen LogP contribution in [0.25, 0.3) is 5.82 Å². The van der Waals surface area contributed by atoms with Gasteiger partial charge in [-0.05, 0) is 69.7 Å². The van der Waals surface area contributed by atoms with Crippen LogP contribution >= 0.6 is 0 Å². The second-order valence-electron chi connectivity index (χ2n) is 12.1. The van der Waals surface area contributed by atoms with E-state index in [9.17, 15) is 17.6 Å². The number of amides is 1. The fourth-order valence-corrected chi connectivity index (χ4v) is 7.48. The third-order valence-corrected chi connectivity index (χ3v) is 9.46. The third-order valence-electron chi connectivity index (χ3n) is 8.12. The molecule has 1 atom stereocenters. The van der Waals surface area contributed by atoms with Crippen molar-refractivity contribution < 1.29 is 22.3 Å². The molecule has 11 heteroatoms. The number of anilines is 1. The molecule has 1 aliphatic heterocycles. The summed E-state index contributed by atoms with van der Waals surface area (Å²) in [6.07, 6.45) is 4.28. The van der Waals surface area contributed by atoms with E-state index in [1.807, 2.05) is 0 Å². The van der Waals surface area contributed by atoms with Gasteiger partial charge in [0.2, 0.25) is 5.88 Å². The summed E-state index contributed by atoms with van der Waals surface area (Å²) in [6.45, 7) is 7.40. The zero-order valence-electron chi connectivity index (χ0n) is 22.2. The topological polar surface area (TPSA) is 106 Å². The average molecular weight is 554 g/mol. The summed E-state index contributed by atoms with van der Waals surface area (Å²) in [5.74, 6) is 0.881. The van der Waals surface area contributed by atoms with Crippen LogP contribution in [0.5, 0.6) is 5.88 Å². The van der Waals surface area contributed by atoms with Gasteiger partial charge in [0.25, 0.3) is 15.9 Å². The van der Waals surface area contributed by atoms with Gasteiger partial charge in [-0.1, -0.05) is 25.1 Å². The largest absolute Gasteiger partial charge is 0.476 e. The van der Waals surface area contributed by atoms with Crippen LogP contribution in [-0.4, -0.2) is 53.4 Å². The second-order valence-corrected chi connectivity index (χ2v) is 13.8. The first-order valence-corrected chi connectivity index (χ1v) is 14.6. The third kappa shape index (κ3) is 4.66. The Morgan fingerprint density at radius 2 is 1.85 bits per heavy atom. The first-order chi connectivity index (χ1) is 18.4. The van der Waals surface area contributed by atoms with E-state index in [0.717, 1.165) is 6.42 Å². The smallest absolute Gasteiger partial charge is 0.268 e. The number of nitrogens with one attached hydrogen (secondary N) is 1. The van der Waals surface area contributed by atoms with Crippen molar-refractivity contribution in [3.05, 3.63) is 60.3 Å². The lowest BCUT2D eigenvalue weighted by molar-refractivity contribution is -0.226. The molecular formula is C28H32FN5O4S. The minimum Gasteiger partial charge on any atom is -0.476 e. The van der Waals surface area contributed by atoms with Gasteiger partial charge in [-0.25, -0.2) is 27.2 Å². The molecule has 0 spiro atoms. The van der Waals surface area contributed by atoms with E-state index in [0.29, 0.717) is 55.8 Å². The summed E-state index contributed by atoms with van der Waals surface area (Å²) in [5, 5.41) is 4.49. The summed E-state index contributed by atoms with van der Waals surface area (Å²) in [5.41, 5.74) is -1.17. The molecule has 1 amide bonds. The molecule has 4 fully saturated rings. The van der Waals surface area contributed by atoms with Gasteiger partial charge in [0.05, 0.1) is 17.1 Å². The average Bonchev–Trinajstić information content (AvgIpc) is 3.43. The highest BCUT2D eigenvalue weighted by Gasteiger charge is 2.69. The number of halogens is 1. The van der Waals surface area contributed by atoms with Crippen molar-refractivity contribution in [2.75, 3.05) is 18.1 Å². The molecule has 2 aromatic heterocycles. The number of sulfonamides is 1. The van der Waals surface area contributed by atoms with Crippen LogP contribution in [0, 0.1) is 11.3 Å². The van der Waals surface area contributed by atoms with E-state index < -0.39 is 21.6 Å². The monoisotopic (exact) mass is 553 g/mol. The Kier molecular flexibility index (Phi) is 5.80. The standard InChI is InChI=1S/C28H32FN5O4S/c1-19-13-26(2,3)33(14-19)24-21(25(35)32-39(36,37)20-7-5-4-6-8-20)9-10-22(30-24)34-12-11-23(31-34)38-18-27-15-28(29,16-27)17-27/h4-12,19H,13-18H2,1-3H3,(H,32,35)/t19-,27?,28?/m0/s1. The normalized spacial score (nSPS) is 27.0. The zero-order valence-corrected chi connectivity index (χ0v) is 23.0. The van der Waals surface area contributed by atoms with Crippen molar-refractivity contribution >= 4 is 21.7 Å². The fraction of sp³-hybridized carbons (Fsp3) is 0.464. The highest BCUT2D eigenvalue weighted by molar-refractivity contribution is 7.90. The minimum atomic E-state index is -4.07. The second kappa shape index (κ2) is 8.77. The molecule has 39 heavy (non-hydrogen) atoms. The first-order valence-electron chi connectivity index (χ1n) is 13.2. The number of nitrogens with zero attached hydrogens (tertiary/aromatic N) is 4. The maximum atomic E-state index is 13.8. The first kappa shape index (κ1) is 25.8. The predicted octanol–water partition coefficient (Wildman–Crippen LogP) is 4.28. The van der Waals surface area contributed by atoms with Crippen LogP contribution in [0.4, 0.5) is 10.2 Å². The minimum absolute atomic E-state index is 0.00391. The lowest BCUT2D eigenvalue weighted by Gasteiger charge is -2.65. The summed E-state index contributed by atoms with van der Waals surface area (Å²) in [6, 6.07) is 12.7. The molecule has 7 rings (SSSR count). The molecule has 3 heterocycles. The highest BCUT2D eigenvalue weighted by Crippen LogP contribution is 2.69. The van der Waals surface area contributed by atoms with Crippen molar-refractivity contribution in [1.82, 2.24) is 19.5 Å². The molecule has 0 radical (unpaired) electrons. The lowest BCUT2D eigenvalue weighted by atomic mass is 9.43. The number of hydrogen-bond donors (Lipinski definition) is 1. The summed E-state index contributed by atoms with van der Waals surface area (Å²) >= 11 is 0. The zero-order chi connectivity index (χ0) is 27.6. The number of benzene rings is 1. The van der Waals surface area contributed by atoms with E-state index in [1.54, 1.807) is 47.3 Å². The van der Waals surface area contributed by atoms with Crippen molar-refractivity contribution in [2.24, 2.45) is 11.3 Å². The van der Waals surface area contributed by atoms with E-state index in [-0.39, 0.29) is 21.4 Å². The number of pyridine rings is 1. The molecule has 9 nitrogen and oxygen atoms in total. The van der Waals surface area contributed by atoms with Gasteiger partial charge in [0.15, 0.2) is 5.82 Å². The van der Waals surface area contributed by atoms with Crippen LogP contribution in [0.1, 0.15) is 56.8 Å². The van der Waals surface area contributed by atoms with Crippen LogP contribution < -0.4 is 14.4 Å². The van der Waals surface area contributed by atoms with E-state index in [4.69, 9.17) is 9.72 Å². The Hall–Kier alpha value is -3.47. The number of rotatable bonds is 8. The molecule has 1 saturated heterocycles.